The van der Waals surface area contributed by atoms with Crippen molar-refractivity contribution in [1.29, 1.82) is 5.41 Å². The van der Waals surface area contributed by atoms with Gasteiger partial charge in [0, 0.05) is 30.5 Å². The van der Waals surface area contributed by atoms with E-state index in [0.717, 1.165) is 18.3 Å². The van der Waals surface area contributed by atoms with Gasteiger partial charge in [0.05, 0.1) is 11.6 Å². The summed E-state index contributed by atoms with van der Waals surface area (Å²) >= 11 is 0. The highest BCUT2D eigenvalue weighted by atomic mass is 19.4. The molecule has 0 aliphatic carbocycles. The molecule has 0 aliphatic rings. The number of hydrogen-bond acceptors (Lipinski definition) is 4. The molecule has 3 rings (SSSR count). The fourth-order valence-electron chi connectivity index (χ4n) is 3.22. The normalized spacial score (nSPS) is 12.9. The van der Waals surface area contributed by atoms with Gasteiger partial charge in [0.15, 0.2) is 17.7 Å². The molecule has 3 aromatic carbocycles. The highest BCUT2D eigenvalue weighted by Crippen LogP contribution is 2.23. The Morgan fingerprint density at radius 3 is 2.32 bits per heavy atom. The number of carbonyl (C=O) groups excluding carboxylic acids is 1. The van der Waals surface area contributed by atoms with Crippen LogP contribution in [0.1, 0.15) is 12.5 Å². The van der Waals surface area contributed by atoms with Crippen molar-refractivity contribution in [1.82, 2.24) is 5.32 Å². The third kappa shape index (κ3) is 7.71. The van der Waals surface area contributed by atoms with Crippen LogP contribution in [-0.4, -0.2) is 37.1 Å². The Kier molecular flexibility index (Phi) is 8.77. The van der Waals surface area contributed by atoms with Crippen LogP contribution in [0, 0.1) is 22.9 Å². The number of nitrogens with two attached hydrogens (primary N) is 1. The maximum absolute atomic E-state index is 14.0. The van der Waals surface area contributed by atoms with Crippen molar-refractivity contribution in [3.63, 3.8) is 0 Å². The smallest absolute Gasteiger partial charge is 0.471 e. The standard InChI is InChI=1S/C25H21F6N3O3/c1-14(33-24(35)25(29,30)31)23(13-36-22-9-4-17(27)11-20(22)28)37-19-7-8-21(15(10-19)12-32)34-18-5-2-16(26)3-6-18/h2-12,14,23,32,34H,13H2,1H3,(H,33,35)/p+1. The molecule has 0 fully saturated rings. The predicted molar refractivity (Wildman–Crippen MR) is 122 cm³/mol. The summed E-state index contributed by atoms with van der Waals surface area (Å²) in [6, 6.07) is 11.4. The molecule has 37 heavy (non-hydrogen) atoms. The van der Waals surface area contributed by atoms with Gasteiger partial charge in [0.1, 0.15) is 35.4 Å². The van der Waals surface area contributed by atoms with Gasteiger partial charge >= 0.3 is 12.1 Å². The number of quaternary nitrogens is 1. The average molecular weight is 526 g/mol. The summed E-state index contributed by atoms with van der Waals surface area (Å²) in [4.78, 5) is 11.4. The Balaban J connectivity index is 1.81. The van der Waals surface area contributed by atoms with Crippen molar-refractivity contribution in [3.8, 4) is 11.5 Å². The Morgan fingerprint density at radius 2 is 1.70 bits per heavy atom. The molecule has 0 bridgehead atoms. The molecule has 0 spiro atoms. The molecule has 0 saturated heterocycles. The largest absolute Gasteiger partial charge is 0.487 e. The first-order valence-corrected chi connectivity index (χ1v) is 10.8. The fourth-order valence-corrected chi connectivity index (χ4v) is 3.22. The molecule has 12 heteroatoms. The van der Waals surface area contributed by atoms with Crippen molar-refractivity contribution in [2.24, 2.45) is 0 Å². The molecule has 0 radical (unpaired) electrons. The third-order valence-electron chi connectivity index (χ3n) is 5.16. The first kappa shape index (κ1) is 27.5. The highest BCUT2D eigenvalue weighted by molar-refractivity contribution is 5.84. The van der Waals surface area contributed by atoms with E-state index in [4.69, 9.17) is 14.9 Å². The molecule has 1 amide bonds. The highest BCUT2D eigenvalue weighted by Gasteiger charge is 2.40. The van der Waals surface area contributed by atoms with Gasteiger partial charge in [-0.3, -0.25) is 10.1 Å². The van der Waals surface area contributed by atoms with E-state index in [9.17, 15) is 31.1 Å². The van der Waals surface area contributed by atoms with Crippen LogP contribution in [0.25, 0.3) is 0 Å². The van der Waals surface area contributed by atoms with Gasteiger partial charge in [-0.2, -0.15) is 13.2 Å². The number of nitrogens with one attached hydrogen (secondary N) is 2. The molecular weight excluding hydrogens is 504 g/mol. The molecular formula is C25H22F6N3O3+. The molecule has 3 aromatic rings. The second-order valence-electron chi connectivity index (χ2n) is 7.93. The summed E-state index contributed by atoms with van der Waals surface area (Å²) in [7, 11) is 0. The van der Waals surface area contributed by atoms with Gasteiger partial charge < -0.3 is 20.2 Å². The monoisotopic (exact) mass is 526 g/mol. The van der Waals surface area contributed by atoms with E-state index in [0.29, 0.717) is 23.0 Å². The van der Waals surface area contributed by atoms with Crippen LogP contribution in [-0.2, 0) is 4.79 Å². The first-order valence-electron chi connectivity index (χ1n) is 10.8. The van der Waals surface area contributed by atoms with Crippen LogP contribution in [0.2, 0.25) is 0 Å². The second-order valence-corrected chi connectivity index (χ2v) is 7.93. The Labute approximate surface area is 207 Å². The first-order chi connectivity index (χ1) is 17.5. The number of alkyl halides is 3. The van der Waals surface area contributed by atoms with Crippen LogP contribution in [0.15, 0.2) is 60.7 Å². The fraction of sp³-hybridized carbons (Fsp3) is 0.200. The zero-order valence-electron chi connectivity index (χ0n) is 19.3. The average Bonchev–Trinajstić information content (AvgIpc) is 2.84. The molecule has 4 N–H and O–H groups in total. The van der Waals surface area contributed by atoms with Crippen LogP contribution in [0.5, 0.6) is 11.5 Å². The summed E-state index contributed by atoms with van der Waals surface area (Å²) in [6.07, 6.45) is -5.37. The maximum Gasteiger partial charge on any atom is 0.471 e. The van der Waals surface area contributed by atoms with Crippen molar-refractivity contribution >= 4 is 23.5 Å². The van der Waals surface area contributed by atoms with E-state index in [1.165, 1.54) is 31.2 Å². The lowest BCUT2D eigenvalue weighted by Gasteiger charge is -2.26. The zero-order chi connectivity index (χ0) is 27.2. The topological polar surface area (TPSA) is 88.0 Å². The van der Waals surface area contributed by atoms with Crippen molar-refractivity contribution < 1.29 is 45.9 Å². The van der Waals surface area contributed by atoms with E-state index < -0.39 is 48.3 Å². The van der Waals surface area contributed by atoms with Crippen LogP contribution >= 0.6 is 0 Å². The summed E-state index contributed by atoms with van der Waals surface area (Å²) in [5, 5.41) is 11.2. The molecule has 6 nitrogen and oxygen atoms in total. The molecule has 0 saturated carbocycles. The molecule has 2 atom stereocenters. The number of halogens is 6. The van der Waals surface area contributed by atoms with Gasteiger partial charge in [-0.05, 0) is 43.3 Å². The summed E-state index contributed by atoms with van der Waals surface area (Å²) in [5.41, 5.74) is 1.61. The summed E-state index contributed by atoms with van der Waals surface area (Å²) in [5.74, 6) is -4.73. The lowest BCUT2D eigenvalue weighted by atomic mass is 10.1. The van der Waals surface area contributed by atoms with Crippen LogP contribution in [0.4, 0.5) is 37.7 Å². The number of hydrogen-bond donors (Lipinski definition) is 3. The van der Waals surface area contributed by atoms with E-state index in [-0.39, 0.29) is 11.5 Å². The molecule has 0 aromatic heterocycles. The number of amides is 1. The Hall–Kier alpha value is -4.06. The molecule has 0 heterocycles. The third-order valence-corrected chi connectivity index (χ3v) is 5.16. The van der Waals surface area contributed by atoms with Gasteiger partial charge in [-0.1, -0.05) is 0 Å². The van der Waals surface area contributed by atoms with E-state index in [1.807, 2.05) is 0 Å². The van der Waals surface area contributed by atoms with E-state index in [2.05, 4.69) is 0 Å². The Bertz CT molecular complexity index is 1250. The maximum atomic E-state index is 14.0. The molecule has 2 unspecified atom stereocenters. The minimum absolute atomic E-state index is 0.121. The summed E-state index contributed by atoms with van der Waals surface area (Å²) < 4.78 is 89.7. The Morgan fingerprint density at radius 1 is 1.03 bits per heavy atom. The van der Waals surface area contributed by atoms with Gasteiger partial charge in [0.25, 0.3) is 0 Å². The summed E-state index contributed by atoms with van der Waals surface area (Å²) in [6.45, 7) is 0.734. The molecule has 0 aliphatic heterocycles. The second kappa shape index (κ2) is 11.8. The van der Waals surface area contributed by atoms with Gasteiger partial charge in [-0.15, -0.1) is 0 Å². The number of rotatable bonds is 10. The van der Waals surface area contributed by atoms with E-state index >= 15 is 0 Å². The lowest BCUT2D eigenvalue weighted by molar-refractivity contribution is -0.478. The quantitative estimate of drug-likeness (QED) is 0.206. The van der Waals surface area contributed by atoms with Gasteiger partial charge in [0.2, 0.25) is 0 Å². The molecule has 196 valence electrons. The van der Waals surface area contributed by atoms with Crippen LogP contribution in [0.3, 0.4) is 0 Å². The SMILES string of the molecule is CC(NC(=O)C(F)(F)F)C(COc1ccc(F)cc1F)Oc1ccc([NH2+]c2ccc(F)cc2)c(C=N)c1. The number of carbonyl (C=O) groups is 1. The van der Waals surface area contributed by atoms with Crippen molar-refractivity contribution in [2.45, 2.75) is 25.2 Å². The minimum atomic E-state index is -5.14. The van der Waals surface area contributed by atoms with Crippen LogP contribution < -0.4 is 20.1 Å². The zero-order valence-corrected chi connectivity index (χ0v) is 19.3. The van der Waals surface area contributed by atoms with E-state index in [1.54, 1.807) is 28.8 Å². The predicted octanol–water partition coefficient (Wildman–Crippen LogP) is 4.52. The van der Waals surface area contributed by atoms with Gasteiger partial charge in [-0.25, -0.2) is 13.2 Å². The lowest BCUT2D eigenvalue weighted by Crippen LogP contribution is -2.71. The van der Waals surface area contributed by atoms with Crippen molar-refractivity contribution in [3.05, 3.63) is 83.7 Å². The van der Waals surface area contributed by atoms with Crippen molar-refractivity contribution in [2.75, 3.05) is 6.61 Å². The minimum Gasteiger partial charge on any atom is -0.487 e. The number of benzene rings is 3. The number of ether oxygens (including phenoxy) is 2.